The lowest BCUT2D eigenvalue weighted by Crippen LogP contribution is -2.16. The molecule has 0 saturated heterocycles. The maximum Gasteiger partial charge on any atom is 0.573 e. The van der Waals surface area contributed by atoms with Gasteiger partial charge in [-0.1, -0.05) is 5.16 Å². The molecule has 112 valence electrons. The minimum Gasteiger partial charge on any atom is -0.494 e. The number of oxime groups is 1. The zero-order valence-corrected chi connectivity index (χ0v) is 10.6. The van der Waals surface area contributed by atoms with Gasteiger partial charge < -0.3 is 20.4 Å². The summed E-state index contributed by atoms with van der Waals surface area (Å²) in [7, 11) is 0. The Balaban J connectivity index is 2.28. The second-order valence-electron chi connectivity index (χ2n) is 3.92. The van der Waals surface area contributed by atoms with E-state index < -0.39 is 6.36 Å². The smallest absolute Gasteiger partial charge is 0.494 e. The van der Waals surface area contributed by atoms with Crippen molar-refractivity contribution >= 4 is 5.84 Å². The van der Waals surface area contributed by atoms with Gasteiger partial charge in [0, 0.05) is 6.42 Å². The summed E-state index contributed by atoms with van der Waals surface area (Å²) < 4.78 is 44.9. The molecule has 0 aliphatic carbocycles. The molecule has 5 nitrogen and oxygen atoms in total. The quantitative estimate of drug-likeness (QED) is 0.266. The maximum absolute atomic E-state index is 11.9. The molecule has 20 heavy (non-hydrogen) atoms. The van der Waals surface area contributed by atoms with Crippen LogP contribution in [0.4, 0.5) is 13.2 Å². The summed E-state index contributed by atoms with van der Waals surface area (Å²) in [6.45, 7) is 0.387. The number of alkyl halides is 3. The molecule has 0 spiro atoms. The number of amidine groups is 1. The van der Waals surface area contributed by atoms with Crippen molar-refractivity contribution in [1.29, 1.82) is 0 Å². The van der Waals surface area contributed by atoms with Crippen LogP contribution in [0.25, 0.3) is 0 Å². The summed E-state index contributed by atoms with van der Waals surface area (Å²) >= 11 is 0. The standard InChI is InChI=1S/C12H15F3N2O3/c13-12(14,15)20-10-6-4-9(5-7-10)19-8-2-1-3-11(16)17-18/h4-7,18H,1-3,8H2,(H2,16,17). The molecule has 1 aromatic carbocycles. The molecule has 0 unspecified atom stereocenters. The Bertz CT molecular complexity index is 433. The van der Waals surface area contributed by atoms with Crippen molar-refractivity contribution in [2.45, 2.75) is 25.6 Å². The molecule has 0 aliphatic heterocycles. The van der Waals surface area contributed by atoms with Crippen molar-refractivity contribution in [3.8, 4) is 11.5 Å². The van der Waals surface area contributed by atoms with E-state index in [0.717, 1.165) is 0 Å². The van der Waals surface area contributed by atoms with Gasteiger partial charge in [0.05, 0.1) is 6.61 Å². The lowest BCUT2D eigenvalue weighted by Gasteiger charge is -2.10. The molecule has 0 fully saturated rings. The van der Waals surface area contributed by atoms with Gasteiger partial charge in [-0.05, 0) is 37.1 Å². The predicted molar refractivity (Wildman–Crippen MR) is 65.9 cm³/mol. The Kier molecular flexibility index (Phi) is 5.95. The first-order valence-electron chi connectivity index (χ1n) is 5.86. The van der Waals surface area contributed by atoms with E-state index in [9.17, 15) is 13.2 Å². The molecule has 1 aromatic rings. The zero-order chi connectivity index (χ0) is 15.0. The number of rotatable bonds is 7. The molecule has 0 heterocycles. The highest BCUT2D eigenvalue weighted by Gasteiger charge is 2.30. The molecule has 0 bridgehead atoms. The largest absolute Gasteiger partial charge is 0.573 e. The zero-order valence-electron chi connectivity index (χ0n) is 10.6. The van der Waals surface area contributed by atoms with E-state index in [1.165, 1.54) is 24.3 Å². The molecule has 8 heteroatoms. The van der Waals surface area contributed by atoms with Crippen LogP contribution in [0.1, 0.15) is 19.3 Å². The highest BCUT2D eigenvalue weighted by atomic mass is 19.4. The van der Waals surface area contributed by atoms with Crippen molar-refractivity contribution in [3.63, 3.8) is 0 Å². The van der Waals surface area contributed by atoms with Crippen LogP contribution in [0.3, 0.4) is 0 Å². The van der Waals surface area contributed by atoms with Gasteiger partial charge in [0.25, 0.3) is 0 Å². The molecule has 0 saturated carbocycles. The van der Waals surface area contributed by atoms with Crippen molar-refractivity contribution < 1.29 is 27.9 Å². The van der Waals surface area contributed by atoms with Crippen LogP contribution in [0, 0.1) is 0 Å². The molecule has 0 aliphatic rings. The molecule has 0 aromatic heterocycles. The van der Waals surface area contributed by atoms with Crippen LogP contribution in [0.2, 0.25) is 0 Å². The number of unbranched alkanes of at least 4 members (excludes halogenated alkanes) is 1. The number of hydrogen-bond donors (Lipinski definition) is 2. The van der Waals surface area contributed by atoms with Gasteiger partial charge >= 0.3 is 6.36 Å². The Morgan fingerprint density at radius 2 is 1.75 bits per heavy atom. The Morgan fingerprint density at radius 3 is 2.30 bits per heavy atom. The summed E-state index contributed by atoms with van der Waals surface area (Å²) in [5.74, 6) is 0.304. The van der Waals surface area contributed by atoms with Gasteiger partial charge in [0.1, 0.15) is 17.3 Å². The first-order chi connectivity index (χ1) is 9.40. The van der Waals surface area contributed by atoms with E-state index in [-0.39, 0.29) is 11.6 Å². The van der Waals surface area contributed by atoms with E-state index >= 15 is 0 Å². The molecule has 3 N–H and O–H groups in total. The predicted octanol–water partition coefficient (Wildman–Crippen LogP) is 2.88. The Labute approximate surface area is 113 Å². The fraction of sp³-hybridized carbons (Fsp3) is 0.417. The molecule has 0 amide bonds. The van der Waals surface area contributed by atoms with Crippen LogP contribution in [0.15, 0.2) is 29.4 Å². The number of nitrogens with zero attached hydrogens (tertiary/aromatic N) is 1. The fourth-order valence-electron chi connectivity index (χ4n) is 1.39. The first kappa shape index (κ1) is 15.9. The third-order valence-corrected chi connectivity index (χ3v) is 2.28. The lowest BCUT2D eigenvalue weighted by atomic mass is 10.2. The minimum atomic E-state index is -4.70. The average Bonchev–Trinajstić information content (AvgIpc) is 2.38. The van der Waals surface area contributed by atoms with Gasteiger partial charge in [0.15, 0.2) is 0 Å². The highest BCUT2D eigenvalue weighted by molar-refractivity contribution is 5.79. The normalized spacial score (nSPS) is 12.2. The van der Waals surface area contributed by atoms with E-state index in [4.69, 9.17) is 15.7 Å². The minimum absolute atomic E-state index is 0.152. The van der Waals surface area contributed by atoms with Crippen LogP contribution >= 0.6 is 0 Å². The monoisotopic (exact) mass is 292 g/mol. The second-order valence-corrected chi connectivity index (χ2v) is 3.92. The van der Waals surface area contributed by atoms with E-state index in [1.807, 2.05) is 0 Å². The van der Waals surface area contributed by atoms with Crippen molar-refractivity contribution in [3.05, 3.63) is 24.3 Å². The molecular weight excluding hydrogens is 277 g/mol. The number of halogens is 3. The van der Waals surface area contributed by atoms with Crippen molar-refractivity contribution in [2.75, 3.05) is 6.61 Å². The molecular formula is C12H15F3N2O3. The maximum atomic E-state index is 11.9. The van der Waals surface area contributed by atoms with Gasteiger partial charge in [-0.15, -0.1) is 13.2 Å². The van der Waals surface area contributed by atoms with Gasteiger partial charge in [0.2, 0.25) is 0 Å². The summed E-state index contributed by atoms with van der Waals surface area (Å²) in [5, 5.41) is 11.1. The van der Waals surface area contributed by atoms with E-state index in [2.05, 4.69) is 9.89 Å². The number of nitrogens with two attached hydrogens (primary N) is 1. The highest BCUT2D eigenvalue weighted by Crippen LogP contribution is 2.24. The van der Waals surface area contributed by atoms with E-state index in [1.54, 1.807) is 0 Å². The number of ether oxygens (including phenoxy) is 2. The van der Waals surface area contributed by atoms with Gasteiger partial charge in [-0.3, -0.25) is 0 Å². The Hall–Kier alpha value is -2.12. The third kappa shape index (κ3) is 6.72. The van der Waals surface area contributed by atoms with E-state index in [0.29, 0.717) is 31.6 Å². The number of hydrogen-bond acceptors (Lipinski definition) is 4. The summed E-state index contributed by atoms with van der Waals surface area (Å²) in [6.07, 6.45) is -2.88. The summed E-state index contributed by atoms with van der Waals surface area (Å²) in [6, 6.07) is 5.15. The third-order valence-electron chi connectivity index (χ3n) is 2.28. The average molecular weight is 292 g/mol. The lowest BCUT2D eigenvalue weighted by molar-refractivity contribution is -0.274. The van der Waals surface area contributed by atoms with Crippen LogP contribution in [-0.4, -0.2) is 24.0 Å². The van der Waals surface area contributed by atoms with Crippen molar-refractivity contribution in [1.82, 2.24) is 0 Å². The van der Waals surface area contributed by atoms with Crippen LogP contribution in [0.5, 0.6) is 11.5 Å². The first-order valence-corrected chi connectivity index (χ1v) is 5.86. The Morgan fingerprint density at radius 1 is 1.15 bits per heavy atom. The number of benzene rings is 1. The second kappa shape index (κ2) is 7.46. The topological polar surface area (TPSA) is 77.1 Å². The van der Waals surface area contributed by atoms with Crippen molar-refractivity contribution in [2.24, 2.45) is 10.9 Å². The van der Waals surface area contributed by atoms with Gasteiger partial charge in [-0.25, -0.2) is 0 Å². The van der Waals surface area contributed by atoms with Crippen LogP contribution in [-0.2, 0) is 0 Å². The summed E-state index contributed by atoms with van der Waals surface area (Å²) in [5.41, 5.74) is 5.29. The summed E-state index contributed by atoms with van der Waals surface area (Å²) in [4.78, 5) is 0. The van der Waals surface area contributed by atoms with Crippen LogP contribution < -0.4 is 15.2 Å². The molecule has 0 atom stereocenters. The fourth-order valence-corrected chi connectivity index (χ4v) is 1.39. The molecule has 1 rings (SSSR count). The van der Waals surface area contributed by atoms with Gasteiger partial charge in [-0.2, -0.15) is 0 Å². The SMILES string of the molecule is N/C(CCCCOc1ccc(OC(F)(F)F)cc1)=N/O. The molecule has 0 radical (unpaired) electrons.